The van der Waals surface area contributed by atoms with Crippen molar-refractivity contribution in [2.75, 3.05) is 32.7 Å². The zero-order valence-corrected chi connectivity index (χ0v) is 17.4. The lowest BCUT2D eigenvalue weighted by atomic mass is 10.1. The molecule has 0 atom stereocenters. The molecule has 0 aliphatic carbocycles. The molecule has 0 spiro atoms. The Labute approximate surface area is 181 Å². The normalized spacial score (nSPS) is 10.9. The zero-order chi connectivity index (χ0) is 23.0. The molecule has 2 aromatic carbocycles. The van der Waals surface area contributed by atoms with Crippen LogP contribution in [0.5, 0.6) is 17.2 Å². The van der Waals surface area contributed by atoms with Crippen LogP contribution in [-0.2, 0) is 6.42 Å². The minimum atomic E-state index is -4.57. The molecule has 2 N–H and O–H groups in total. The molecule has 0 aliphatic rings. The van der Waals surface area contributed by atoms with Gasteiger partial charge in [-0.1, -0.05) is 6.07 Å². The molecule has 0 heterocycles. The van der Waals surface area contributed by atoms with E-state index in [1.54, 1.807) is 6.07 Å². The number of halogens is 3. The number of nitrogens with zero attached hydrogens (tertiary/aromatic N) is 1. The number of thiocarbonyl (C=S) groups is 1. The SMILES string of the molecule is COc1ccc(CCNC(=S)Nc2cc(OCC(F)(F)F)cc([N+](=O)[O-])c2)cc1OC. The molecule has 0 aromatic heterocycles. The second kappa shape index (κ2) is 10.7. The summed E-state index contributed by atoms with van der Waals surface area (Å²) < 4.78 is 52.1. The molecule has 0 radical (unpaired) electrons. The van der Waals surface area contributed by atoms with Gasteiger partial charge in [-0.3, -0.25) is 10.1 Å². The lowest BCUT2D eigenvalue weighted by Gasteiger charge is -2.13. The number of benzene rings is 2. The van der Waals surface area contributed by atoms with Crippen LogP contribution in [0.25, 0.3) is 0 Å². The number of non-ortho nitro benzene ring substituents is 1. The third-order valence-electron chi connectivity index (χ3n) is 3.91. The summed E-state index contributed by atoms with van der Waals surface area (Å²) in [5.41, 5.74) is 0.636. The Bertz CT molecular complexity index is 940. The van der Waals surface area contributed by atoms with Gasteiger partial charge in [0.1, 0.15) is 5.75 Å². The minimum absolute atomic E-state index is 0.120. The number of ether oxygens (including phenoxy) is 3. The van der Waals surface area contributed by atoms with Crippen LogP contribution < -0.4 is 24.8 Å². The van der Waals surface area contributed by atoms with E-state index >= 15 is 0 Å². The summed E-state index contributed by atoms with van der Waals surface area (Å²) in [6.07, 6.45) is -3.99. The van der Waals surface area contributed by atoms with E-state index in [1.807, 2.05) is 12.1 Å². The van der Waals surface area contributed by atoms with Crippen molar-refractivity contribution in [1.29, 1.82) is 0 Å². The van der Waals surface area contributed by atoms with Crippen molar-refractivity contribution >= 4 is 28.7 Å². The first kappa shape index (κ1) is 24.0. The monoisotopic (exact) mass is 459 g/mol. The maximum Gasteiger partial charge on any atom is 0.422 e. The van der Waals surface area contributed by atoms with Crippen LogP contribution in [0.1, 0.15) is 5.56 Å². The van der Waals surface area contributed by atoms with Gasteiger partial charge in [-0.2, -0.15) is 13.2 Å². The van der Waals surface area contributed by atoms with Crippen molar-refractivity contribution in [3.8, 4) is 17.2 Å². The van der Waals surface area contributed by atoms with Gasteiger partial charge in [-0.15, -0.1) is 0 Å². The minimum Gasteiger partial charge on any atom is -0.493 e. The number of hydrogen-bond donors (Lipinski definition) is 2. The Morgan fingerprint density at radius 1 is 1.13 bits per heavy atom. The second-order valence-corrected chi connectivity index (χ2v) is 6.61. The van der Waals surface area contributed by atoms with E-state index in [-0.39, 0.29) is 16.5 Å². The van der Waals surface area contributed by atoms with Crippen LogP contribution in [0.2, 0.25) is 0 Å². The summed E-state index contributed by atoms with van der Waals surface area (Å²) in [6.45, 7) is -1.14. The van der Waals surface area contributed by atoms with Crippen LogP contribution in [0.4, 0.5) is 24.5 Å². The first-order chi connectivity index (χ1) is 14.6. The first-order valence-electron chi connectivity index (χ1n) is 8.86. The number of nitro groups is 1. The van der Waals surface area contributed by atoms with Gasteiger partial charge in [-0.05, 0) is 36.3 Å². The molecule has 0 saturated carbocycles. The third kappa shape index (κ3) is 7.81. The highest BCUT2D eigenvalue weighted by molar-refractivity contribution is 7.80. The first-order valence-corrected chi connectivity index (χ1v) is 9.27. The average molecular weight is 459 g/mol. The number of alkyl halides is 3. The van der Waals surface area contributed by atoms with Crippen LogP contribution in [0, 0.1) is 10.1 Å². The molecule has 2 rings (SSSR count). The molecular formula is C19H20F3N3O5S. The third-order valence-corrected chi connectivity index (χ3v) is 4.16. The zero-order valence-electron chi connectivity index (χ0n) is 16.6. The van der Waals surface area contributed by atoms with Crippen molar-refractivity contribution in [3.05, 3.63) is 52.1 Å². The van der Waals surface area contributed by atoms with E-state index < -0.39 is 23.4 Å². The molecular weight excluding hydrogens is 439 g/mol. The topological polar surface area (TPSA) is 94.9 Å². The number of rotatable bonds is 9. The Morgan fingerprint density at radius 3 is 2.45 bits per heavy atom. The van der Waals surface area contributed by atoms with Crippen LogP contribution >= 0.6 is 12.2 Å². The van der Waals surface area contributed by atoms with Crippen molar-refractivity contribution in [3.63, 3.8) is 0 Å². The molecule has 0 unspecified atom stereocenters. The number of hydrogen-bond acceptors (Lipinski definition) is 6. The quantitative estimate of drug-likeness (QED) is 0.329. The lowest BCUT2D eigenvalue weighted by molar-refractivity contribution is -0.384. The van der Waals surface area contributed by atoms with E-state index in [9.17, 15) is 23.3 Å². The largest absolute Gasteiger partial charge is 0.493 e. The summed E-state index contributed by atoms with van der Waals surface area (Å²) in [7, 11) is 3.07. The highest BCUT2D eigenvalue weighted by Gasteiger charge is 2.28. The van der Waals surface area contributed by atoms with E-state index in [1.165, 1.54) is 20.3 Å². The fourth-order valence-electron chi connectivity index (χ4n) is 2.54. The summed E-state index contributed by atoms with van der Waals surface area (Å²) in [6, 6.07) is 8.71. The predicted molar refractivity (Wildman–Crippen MR) is 112 cm³/mol. The van der Waals surface area contributed by atoms with Crippen LogP contribution in [-0.4, -0.2) is 43.6 Å². The average Bonchev–Trinajstić information content (AvgIpc) is 2.71. The number of methoxy groups -OCH3 is 2. The lowest BCUT2D eigenvalue weighted by Crippen LogP contribution is -2.30. The molecule has 8 nitrogen and oxygen atoms in total. The highest BCUT2D eigenvalue weighted by Crippen LogP contribution is 2.28. The number of anilines is 1. The van der Waals surface area contributed by atoms with E-state index in [4.69, 9.17) is 21.7 Å². The summed E-state index contributed by atoms with van der Waals surface area (Å²) >= 11 is 5.16. The summed E-state index contributed by atoms with van der Waals surface area (Å²) in [5, 5.41) is 16.8. The molecule has 0 fully saturated rings. The Kier molecular flexibility index (Phi) is 8.25. The molecule has 168 valence electrons. The van der Waals surface area contributed by atoms with Crippen molar-refractivity contribution in [2.24, 2.45) is 0 Å². The molecule has 12 heteroatoms. The number of nitrogens with one attached hydrogen (secondary N) is 2. The molecule has 2 aromatic rings. The molecule has 0 saturated heterocycles. The van der Waals surface area contributed by atoms with E-state index in [0.717, 1.165) is 17.7 Å². The van der Waals surface area contributed by atoms with E-state index in [0.29, 0.717) is 24.5 Å². The van der Waals surface area contributed by atoms with Gasteiger partial charge < -0.3 is 24.8 Å². The van der Waals surface area contributed by atoms with Crippen molar-refractivity contribution in [1.82, 2.24) is 5.32 Å². The highest BCUT2D eigenvalue weighted by atomic mass is 32.1. The van der Waals surface area contributed by atoms with Gasteiger partial charge in [0.05, 0.1) is 30.9 Å². The van der Waals surface area contributed by atoms with Gasteiger partial charge >= 0.3 is 6.18 Å². The van der Waals surface area contributed by atoms with Crippen LogP contribution in [0.3, 0.4) is 0 Å². The van der Waals surface area contributed by atoms with Gasteiger partial charge in [-0.25, -0.2) is 0 Å². The van der Waals surface area contributed by atoms with Gasteiger partial charge in [0.2, 0.25) is 0 Å². The molecule has 0 bridgehead atoms. The molecule has 31 heavy (non-hydrogen) atoms. The van der Waals surface area contributed by atoms with Gasteiger partial charge in [0.15, 0.2) is 23.2 Å². The fraction of sp³-hybridized carbons (Fsp3) is 0.316. The van der Waals surface area contributed by atoms with Gasteiger partial charge in [0, 0.05) is 18.7 Å². The van der Waals surface area contributed by atoms with Crippen molar-refractivity contribution in [2.45, 2.75) is 12.6 Å². The Hall–Kier alpha value is -3.28. The van der Waals surface area contributed by atoms with Crippen molar-refractivity contribution < 1.29 is 32.3 Å². The standard InChI is InChI=1S/C19H20F3N3O5S/c1-28-16-4-3-12(7-17(16)29-2)5-6-23-18(31)24-13-8-14(25(26)27)10-15(9-13)30-11-19(20,21)22/h3-4,7-10H,5-6,11H2,1-2H3,(H2,23,24,31). The number of nitro benzene ring substituents is 1. The van der Waals surface area contributed by atoms with Crippen LogP contribution in [0.15, 0.2) is 36.4 Å². The maximum atomic E-state index is 12.4. The maximum absolute atomic E-state index is 12.4. The smallest absolute Gasteiger partial charge is 0.422 e. The second-order valence-electron chi connectivity index (χ2n) is 6.20. The predicted octanol–water partition coefficient (Wildman–Crippen LogP) is 4.08. The fourth-order valence-corrected chi connectivity index (χ4v) is 2.76. The van der Waals surface area contributed by atoms with E-state index in [2.05, 4.69) is 15.4 Å². The molecule has 0 aliphatic heterocycles. The summed E-state index contributed by atoms with van der Waals surface area (Å²) in [5.74, 6) is 0.886. The Balaban J connectivity index is 1.98. The van der Waals surface area contributed by atoms with Gasteiger partial charge in [0.25, 0.3) is 5.69 Å². The summed E-state index contributed by atoms with van der Waals surface area (Å²) in [4.78, 5) is 10.3. The molecule has 0 amide bonds. The Morgan fingerprint density at radius 2 is 1.84 bits per heavy atom.